The van der Waals surface area contributed by atoms with Crippen molar-refractivity contribution in [1.29, 1.82) is 0 Å². The minimum Gasteiger partial charge on any atom is -0.481 e. The third-order valence-electron chi connectivity index (χ3n) is 2.50. The van der Waals surface area contributed by atoms with Gasteiger partial charge in [0.05, 0.1) is 12.2 Å². The van der Waals surface area contributed by atoms with Crippen molar-refractivity contribution in [2.45, 2.75) is 6.42 Å². The van der Waals surface area contributed by atoms with Crippen LogP contribution in [-0.4, -0.2) is 70.9 Å². The van der Waals surface area contributed by atoms with Crippen molar-refractivity contribution < 1.29 is 19.5 Å². The molecule has 0 bridgehead atoms. The summed E-state index contributed by atoms with van der Waals surface area (Å²) in [6.45, 7) is 2.29. The van der Waals surface area contributed by atoms with E-state index >= 15 is 0 Å². The van der Waals surface area contributed by atoms with Crippen molar-refractivity contribution in [2.75, 3.05) is 37.7 Å². The first-order chi connectivity index (χ1) is 8.13. The number of carbonyl (C=O) groups is 3. The molecule has 1 aliphatic rings. The van der Waals surface area contributed by atoms with E-state index in [0.717, 1.165) is 6.41 Å². The Kier molecular flexibility index (Phi) is 5.82. The van der Waals surface area contributed by atoms with E-state index in [0.29, 0.717) is 37.7 Å². The minimum absolute atomic E-state index is 0.0194. The van der Waals surface area contributed by atoms with Crippen molar-refractivity contribution in [3.8, 4) is 0 Å². The van der Waals surface area contributed by atoms with Crippen LogP contribution in [-0.2, 0) is 14.4 Å². The molecule has 6 nitrogen and oxygen atoms in total. The fourth-order valence-corrected chi connectivity index (χ4v) is 2.31. The number of piperazine rings is 1. The van der Waals surface area contributed by atoms with Crippen molar-refractivity contribution in [1.82, 2.24) is 9.80 Å². The number of hydrogen-bond donors (Lipinski definition) is 1. The maximum absolute atomic E-state index is 11.7. The van der Waals surface area contributed by atoms with Gasteiger partial charge in [-0.1, -0.05) is 0 Å². The first kappa shape index (κ1) is 13.8. The number of carboxylic acid groups (broad SMARTS) is 1. The number of thioether (sulfide) groups is 1. The second kappa shape index (κ2) is 7.16. The van der Waals surface area contributed by atoms with Crippen LogP contribution in [0.25, 0.3) is 0 Å². The van der Waals surface area contributed by atoms with Gasteiger partial charge in [0, 0.05) is 31.9 Å². The monoisotopic (exact) mass is 260 g/mol. The van der Waals surface area contributed by atoms with Gasteiger partial charge in [-0.15, -0.1) is 0 Å². The molecule has 1 heterocycles. The Bertz CT molecular complexity index is 290. The highest BCUT2D eigenvalue weighted by Crippen LogP contribution is 2.07. The Morgan fingerprint density at radius 2 is 1.88 bits per heavy atom. The van der Waals surface area contributed by atoms with Gasteiger partial charge < -0.3 is 14.9 Å². The molecule has 1 N–H and O–H groups in total. The van der Waals surface area contributed by atoms with Crippen LogP contribution in [0.5, 0.6) is 0 Å². The minimum atomic E-state index is -0.843. The molecule has 0 unspecified atom stereocenters. The van der Waals surface area contributed by atoms with Gasteiger partial charge in [-0.25, -0.2) is 0 Å². The summed E-state index contributed by atoms with van der Waals surface area (Å²) in [5.74, 6) is -0.0560. The summed E-state index contributed by atoms with van der Waals surface area (Å²) < 4.78 is 0. The van der Waals surface area contributed by atoms with Crippen LogP contribution in [0.4, 0.5) is 0 Å². The van der Waals surface area contributed by atoms with E-state index in [2.05, 4.69) is 0 Å². The maximum atomic E-state index is 11.7. The highest BCUT2D eigenvalue weighted by Gasteiger charge is 2.19. The molecule has 1 rings (SSSR count). The lowest BCUT2D eigenvalue weighted by molar-refractivity contribution is -0.136. The van der Waals surface area contributed by atoms with Crippen LogP contribution in [0.15, 0.2) is 0 Å². The zero-order valence-corrected chi connectivity index (χ0v) is 10.3. The van der Waals surface area contributed by atoms with E-state index in [1.54, 1.807) is 9.80 Å². The van der Waals surface area contributed by atoms with Gasteiger partial charge in [0.2, 0.25) is 12.3 Å². The van der Waals surface area contributed by atoms with E-state index in [1.807, 2.05) is 0 Å². The molecule has 0 atom stereocenters. The average molecular weight is 260 g/mol. The zero-order valence-electron chi connectivity index (χ0n) is 9.50. The number of aliphatic carboxylic acids is 1. The number of nitrogens with zero attached hydrogens (tertiary/aromatic N) is 2. The molecule has 0 spiro atoms. The summed E-state index contributed by atoms with van der Waals surface area (Å²) in [6.07, 6.45) is 0.875. The lowest BCUT2D eigenvalue weighted by Gasteiger charge is -2.32. The predicted molar refractivity (Wildman–Crippen MR) is 63.8 cm³/mol. The number of carboxylic acids is 1. The van der Waals surface area contributed by atoms with Crippen LogP contribution in [0.1, 0.15) is 6.42 Å². The second-order valence-corrected chi connectivity index (χ2v) is 4.82. The average Bonchev–Trinajstić information content (AvgIpc) is 2.34. The zero-order chi connectivity index (χ0) is 12.7. The lowest BCUT2D eigenvalue weighted by Crippen LogP contribution is -2.48. The van der Waals surface area contributed by atoms with Crippen molar-refractivity contribution in [3.05, 3.63) is 0 Å². The summed E-state index contributed by atoms with van der Waals surface area (Å²) in [7, 11) is 0. The molecule has 0 saturated carbocycles. The fraction of sp³-hybridized carbons (Fsp3) is 0.700. The van der Waals surface area contributed by atoms with Gasteiger partial charge in [-0.05, 0) is 0 Å². The molecule has 0 aromatic rings. The Labute approximate surface area is 104 Å². The van der Waals surface area contributed by atoms with E-state index in [9.17, 15) is 14.4 Å². The van der Waals surface area contributed by atoms with Crippen LogP contribution < -0.4 is 0 Å². The Morgan fingerprint density at radius 3 is 2.41 bits per heavy atom. The third-order valence-corrected chi connectivity index (χ3v) is 3.45. The summed E-state index contributed by atoms with van der Waals surface area (Å²) in [5, 5.41) is 8.44. The van der Waals surface area contributed by atoms with Crippen LogP contribution in [0.3, 0.4) is 0 Å². The van der Waals surface area contributed by atoms with Crippen molar-refractivity contribution in [3.63, 3.8) is 0 Å². The summed E-state index contributed by atoms with van der Waals surface area (Å²) in [4.78, 5) is 35.8. The van der Waals surface area contributed by atoms with Gasteiger partial charge in [-0.3, -0.25) is 14.4 Å². The SMILES string of the molecule is O=CN1CCN(C(=O)CSCCC(=O)O)CC1. The Hall–Kier alpha value is -1.24. The van der Waals surface area contributed by atoms with Crippen molar-refractivity contribution in [2.24, 2.45) is 0 Å². The molecule has 1 saturated heterocycles. The fourth-order valence-electron chi connectivity index (χ4n) is 1.49. The maximum Gasteiger partial charge on any atom is 0.304 e. The van der Waals surface area contributed by atoms with E-state index in [4.69, 9.17) is 5.11 Å². The molecule has 96 valence electrons. The van der Waals surface area contributed by atoms with Gasteiger partial charge >= 0.3 is 5.97 Å². The first-order valence-corrected chi connectivity index (χ1v) is 6.55. The molecule has 17 heavy (non-hydrogen) atoms. The smallest absolute Gasteiger partial charge is 0.304 e. The quantitative estimate of drug-likeness (QED) is 0.514. The lowest BCUT2D eigenvalue weighted by atomic mass is 10.3. The first-order valence-electron chi connectivity index (χ1n) is 5.40. The van der Waals surface area contributed by atoms with Crippen LogP contribution in [0, 0.1) is 0 Å². The third kappa shape index (κ3) is 5.08. The van der Waals surface area contributed by atoms with Crippen LogP contribution in [0.2, 0.25) is 0 Å². The Balaban J connectivity index is 2.16. The molecule has 0 aromatic carbocycles. The summed E-state index contributed by atoms with van der Waals surface area (Å²) in [5.41, 5.74) is 0. The van der Waals surface area contributed by atoms with E-state index < -0.39 is 5.97 Å². The second-order valence-electron chi connectivity index (χ2n) is 3.72. The highest BCUT2D eigenvalue weighted by molar-refractivity contribution is 7.99. The van der Waals surface area contributed by atoms with E-state index in [-0.39, 0.29) is 12.3 Å². The number of hydrogen-bond acceptors (Lipinski definition) is 4. The van der Waals surface area contributed by atoms with Crippen LogP contribution >= 0.6 is 11.8 Å². The molecule has 7 heteroatoms. The number of carbonyl (C=O) groups excluding carboxylic acids is 2. The molecule has 0 aromatic heterocycles. The molecule has 0 aliphatic carbocycles. The highest BCUT2D eigenvalue weighted by atomic mass is 32.2. The summed E-state index contributed by atoms with van der Waals surface area (Å²) >= 11 is 1.33. The topological polar surface area (TPSA) is 77.9 Å². The van der Waals surface area contributed by atoms with Gasteiger partial charge in [0.1, 0.15) is 0 Å². The number of rotatable bonds is 6. The molecule has 1 fully saturated rings. The molecule has 1 aliphatic heterocycles. The van der Waals surface area contributed by atoms with Gasteiger partial charge in [0.15, 0.2) is 0 Å². The largest absolute Gasteiger partial charge is 0.481 e. The normalized spacial score (nSPS) is 15.8. The van der Waals surface area contributed by atoms with Crippen molar-refractivity contribution >= 4 is 30.0 Å². The molecular formula is C10H16N2O4S. The number of amides is 2. The standard InChI is InChI=1S/C10H16N2O4S/c13-8-11-2-4-12(5-3-11)9(14)7-17-6-1-10(15)16/h8H,1-7H2,(H,15,16). The Morgan fingerprint density at radius 1 is 1.24 bits per heavy atom. The molecule has 0 radical (unpaired) electrons. The molecule has 2 amide bonds. The summed E-state index contributed by atoms with van der Waals surface area (Å²) in [6, 6.07) is 0. The molecular weight excluding hydrogens is 244 g/mol. The van der Waals surface area contributed by atoms with Gasteiger partial charge in [-0.2, -0.15) is 11.8 Å². The van der Waals surface area contributed by atoms with E-state index in [1.165, 1.54) is 11.8 Å². The predicted octanol–water partition coefficient (Wildman–Crippen LogP) is -0.505. The van der Waals surface area contributed by atoms with Gasteiger partial charge in [0.25, 0.3) is 0 Å².